The fraction of sp³-hybridized carbons (Fsp3) is 0.0385. The van der Waals surface area contributed by atoms with Crippen LogP contribution in [-0.4, -0.2) is 21.0 Å². The maximum absolute atomic E-state index is 13.7. The summed E-state index contributed by atoms with van der Waals surface area (Å²) in [6, 6.07) is 22.3. The van der Waals surface area contributed by atoms with Crippen LogP contribution in [0, 0.1) is 0 Å². The summed E-state index contributed by atoms with van der Waals surface area (Å²) in [4.78, 5) is 33.3. The van der Waals surface area contributed by atoms with Gasteiger partial charge in [-0.05, 0) is 76.1 Å². The van der Waals surface area contributed by atoms with E-state index in [1.807, 2.05) is 12.1 Å². The first-order valence-corrected chi connectivity index (χ1v) is 12.9. The van der Waals surface area contributed by atoms with Crippen molar-refractivity contribution in [2.45, 2.75) is 16.3 Å². The van der Waals surface area contributed by atoms with Crippen LogP contribution in [0.4, 0.5) is 11.5 Å². The van der Waals surface area contributed by atoms with Gasteiger partial charge in [0.15, 0.2) is 0 Å². The number of nitrogens with zero attached hydrogens (tertiary/aromatic N) is 2. The Balaban J connectivity index is 1.59. The van der Waals surface area contributed by atoms with E-state index in [2.05, 4.69) is 26.2 Å². The van der Waals surface area contributed by atoms with Gasteiger partial charge in [0.1, 0.15) is 5.82 Å². The molecule has 0 saturated heterocycles. The molecule has 6 nitrogen and oxygen atoms in total. The second-order valence-corrected chi connectivity index (χ2v) is 10.6. The van der Waals surface area contributed by atoms with Crippen molar-refractivity contribution in [3.8, 4) is 0 Å². The fourth-order valence-electron chi connectivity index (χ4n) is 3.82. The van der Waals surface area contributed by atoms with Crippen molar-refractivity contribution in [2.24, 2.45) is 0 Å². The van der Waals surface area contributed by atoms with E-state index in [1.165, 1.54) is 0 Å². The van der Waals surface area contributed by atoms with Gasteiger partial charge in [-0.1, -0.05) is 35.9 Å². The first kappa shape index (κ1) is 23.4. The summed E-state index contributed by atoms with van der Waals surface area (Å²) in [6.07, 6.45) is 1.58. The van der Waals surface area contributed by atoms with Gasteiger partial charge in [0.25, 0.3) is 11.8 Å². The number of rotatable bonds is 4. The third-order valence-electron chi connectivity index (χ3n) is 5.47. The van der Waals surface area contributed by atoms with Crippen LogP contribution in [0.2, 0.25) is 5.02 Å². The summed E-state index contributed by atoms with van der Waals surface area (Å²) in [5, 5.41) is 3.30. The highest BCUT2D eigenvalue weighted by Gasteiger charge is 2.31. The molecule has 0 radical (unpaired) electrons. The number of amides is 2. The van der Waals surface area contributed by atoms with Gasteiger partial charge >= 0.3 is 0 Å². The minimum absolute atomic E-state index is 0.192. The van der Waals surface area contributed by atoms with Gasteiger partial charge in [-0.3, -0.25) is 9.59 Å². The number of pyridine rings is 1. The molecule has 0 spiro atoms. The quantitative estimate of drug-likeness (QED) is 0.325. The third-order valence-corrected chi connectivity index (χ3v) is 7.68. The number of nitrogens with one attached hydrogen (secondary N) is 1. The Kier molecular flexibility index (Phi) is 6.51. The lowest BCUT2D eigenvalue weighted by atomic mass is 10.1. The van der Waals surface area contributed by atoms with Gasteiger partial charge in [-0.25, -0.2) is 9.19 Å². The number of aromatic nitrogens is 1. The topological polar surface area (TPSA) is 79.4 Å². The summed E-state index contributed by atoms with van der Waals surface area (Å²) in [6.45, 7) is 0.192. The smallest absolute Gasteiger partial charge is 0.259 e. The number of benzene rings is 3. The van der Waals surface area contributed by atoms with Crippen molar-refractivity contribution in [2.75, 3.05) is 10.2 Å². The normalized spacial score (nSPS) is 14.6. The van der Waals surface area contributed by atoms with Crippen LogP contribution in [0.25, 0.3) is 0 Å². The Labute approximate surface area is 217 Å². The largest absolute Gasteiger partial charge is 0.307 e. The fourth-order valence-corrected chi connectivity index (χ4v) is 5.61. The van der Waals surface area contributed by atoms with E-state index in [4.69, 9.17) is 11.6 Å². The van der Waals surface area contributed by atoms with Crippen molar-refractivity contribution in [3.63, 3.8) is 0 Å². The number of hydrogen-bond acceptors (Lipinski definition) is 4. The lowest BCUT2D eigenvalue weighted by Crippen LogP contribution is -2.30. The van der Waals surface area contributed by atoms with Crippen molar-refractivity contribution in [1.29, 1.82) is 0 Å². The highest BCUT2D eigenvalue weighted by Crippen LogP contribution is 2.36. The molecule has 1 aliphatic heterocycles. The number of hydrogen-bond donors (Lipinski definition) is 1. The second-order valence-electron chi connectivity index (χ2n) is 7.78. The summed E-state index contributed by atoms with van der Waals surface area (Å²) >= 11 is 9.49. The van der Waals surface area contributed by atoms with Crippen LogP contribution < -0.4 is 10.2 Å². The molecule has 2 heterocycles. The maximum Gasteiger partial charge on any atom is 0.259 e. The number of carbonyl (C=O) groups excluding carboxylic acids is 2. The molecule has 4 aromatic rings. The average Bonchev–Trinajstić information content (AvgIpc) is 2.95. The molecule has 0 unspecified atom stereocenters. The zero-order valence-corrected chi connectivity index (χ0v) is 21.2. The van der Waals surface area contributed by atoms with E-state index in [0.29, 0.717) is 37.4 Å². The van der Waals surface area contributed by atoms with Gasteiger partial charge in [-0.2, -0.15) is 0 Å². The molecule has 1 N–H and O–H groups in total. The number of anilines is 2. The molecular formula is C26H17BrClN3O3S. The zero-order valence-electron chi connectivity index (χ0n) is 18.1. The molecule has 2 amide bonds. The van der Waals surface area contributed by atoms with E-state index >= 15 is 0 Å². The molecule has 1 aliphatic rings. The van der Waals surface area contributed by atoms with E-state index in [0.717, 1.165) is 10.0 Å². The van der Waals surface area contributed by atoms with E-state index in [9.17, 15) is 13.8 Å². The SMILES string of the molecule is O=C(Nc1ccc(Br)cn1)c1ccc2c(c1)N(Cc1cccc(Cl)c1)C(=O)c1ccccc1[S@@]2=O. The molecule has 174 valence electrons. The molecule has 1 aromatic heterocycles. The molecular weight excluding hydrogens is 550 g/mol. The Hall–Kier alpha value is -3.33. The van der Waals surface area contributed by atoms with Gasteiger partial charge in [0.05, 0.1) is 38.4 Å². The Morgan fingerprint density at radius 2 is 1.83 bits per heavy atom. The molecule has 0 bridgehead atoms. The number of fused-ring (bicyclic) bond motifs is 2. The monoisotopic (exact) mass is 565 g/mol. The molecule has 1 atom stereocenters. The van der Waals surface area contributed by atoms with Crippen LogP contribution in [0.15, 0.2) is 99.3 Å². The first-order valence-electron chi connectivity index (χ1n) is 10.5. The van der Waals surface area contributed by atoms with Gasteiger partial charge < -0.3 is 10.2 Å². The number of halogens is 2. The standard InChI is InChI=1S/C26H17BrClN3O3S/c27-18-9-11-24(29-14-18)30-25(32)17-8-10-23-21(13-17)31(15-16-4-3-5-19(28)12-16)26(33)20-6-1-2-7-22(20)35(23)34/h1-14H,15H2,(H,29,30,32)/t35-/m0/s1. The predicted octanol–water partition coefficient (Wildman–Crippen LogP) is 6.08. The molecule has 3 aromatic carbocycles. The third kappa shape index (κ3) is 4.77. The van der Waals surface area contributed by atoms with E-state index < -0.39 is 16.7 Å². The minimum atomic E-state index is -1.61. The predicted molar refractivity (Wildman–Crippen MR) is 139 cm³/mol. The Morgan fingerprint density at radius 3 is 2.60 bits per heavy atom. The molecule has 0 saturated carbocycles. The summed E-state index contributed by atoms with van der Waals surface area (Å²) in [5.74, 6) is -0.318. The highest BCUT2D eigenvalue weighted by molar-refractivity contribution is 9.10. The lowest BCUT2D eigenvalue weighted by molar-refractivity contribution is 0.0979. The van der Waals surface area contributed by atoms with Crippen LogP contribution in [-0.2, 0) is 17.3 Å². The van der Waals surface area contributed by atoms with Gasteiger partial charge in [0.2, 0.25) is 0 Å². The second kappa shape index (κ2) is 9.73. The minimum Gasteiger partial charge on any atom is -0.307 e. The highest BCUT2D eigenvalue weighted by atomic mass is 79.9. The molecule has 9 heteroatoms. The van der Waals surface area contributed by atoms with Crippen LogP contribution >= 0.6 is 27.5 Å². The van der Waals surface area contributed by atoms with Gasteiger partial charge in [-0.15, -0.1) is 0 Å². The Morgan fingerprint density at radius 1 is 1.00 bits per heavy atom. The summed E-state index contributed by atoms with van der Waals surface area (Å²) < 4.78 is 14.3. The zero-order chi connectivity index (χ0) is 24.5. The molecule has 0 fully saturated rings. The van der Waals surface area contributed by atoms with Crippen molar-refractivity contribution in [1.82, 2.24) is 4.98 Å². The lowest BCUT2D eigenvalue weighted by Gasteiger charge is -2.23. The van der Waals surface area contributed by atoms with Crippen molar-refractivity contribution in [3.05, 3.63) is 111 Å². The number of carbonyl (C=O) groups is 2. The first-order chi connectivity index (χ1) is 16.9. The van der Waals surface area contributed by atoms with E-state index in [1.54, 1.807) is 77.8 Å². The van der Waals surface area contributed by atoms with E-state index in [-0.39, 0.29) is 12.5 Å². The molecule has 0 aliphatic carbocycles. The van der Waals surface area contributed by atoms with Crippen molar-refractivity contribution < 1.29 is 13.8 Å². The Bertz CT molecular complexity index is 1490. The maximum atomic E-state index is 13.7. The van der Waals surface area contributed by atoms with Gasteiger partial charge in [0, 0.05) is 21.3 Å². The average molecular weight is 567 g/mol. The molecule has 5 rings (SSSR count). The van der Waals surface area contributed by atoms with Crippen LogP contribution in [0.3, 0.4) is 0 Å². The summed E-state index contributed by atoms with van der Waals surface area (Å²) in [5.41, 5.74) is 1.87. The van der Waals surface area contributed by atoms with Crippen LogP contribution in [0.5, 0.6) is 0 Å². The summed E-state index contributed by atoms with van der Waals surface area (Å²) in [7, 11) is -1.61. The molecule has 35 heavy (non-hydrogen) atoms. The van der Waals surface area contributed by atoms with Crippen molar-refractivity contribution >= 4 is 61.7 Å². The van der Waals surface area contributed by atoms with Crippen LogP contribution in [0.1, 0.15) is 26.3 Å².